The second-order valence-corrected chi connectivity index (χ2v) is 4.72. The van der Waals surface area contributed by atoms with Crippen molar-refractivity contribution in [3.8, 4) is 0 Å². The van der Waals surface area contributed by atoms with Crippen LogP contribution in [0, 0.1) is 0 Å². The summed E-state index contributed by atoms with van der Waals surface area (Å²) >= 11 is 0. The van der Waals surface area contributed by atoms with Crippen LogP contribution < -0.4 is 4.90 Å². The van der Waals surface area contributed by atoms with E-state index in [0.717, 1.165) is 16.8 Å². The molecule has 0 spiro atoms. The van der Waals surface area contributed by atoms with E-state index in [-0.39, 0.29) is 5.91 Å². The van der Waals surface area contributed by atoms with Crippen molar-refractivity contribution >= 4 is 11.6 Å². The van der Waals surface area contributed by atoms with Crippen LogP contribution in [0.2, 0.25) is 0 Å². The molecule has 0 atom stereocenters. The molecule has 0 bridgehead atoms. The van der Waals surface area contributed by atoms with Crippen LogP contribution in [-0.2, 0) is 0 Å². The summed E-state index contributed by atoms with van der Waals surface area (Å²) in [7, 11) is 3.93. The van der Waals surface area contributed by atoms with Gasteiger partial charge >= 0.3 is 0 Å². The Labute approximate surface area is 110 Å². The SMILES string of the molecule is C=C(C)CN(CC)C(=O)c1cccc(N(C)C)c1. The largest absolute Gasteiger partial charge is 0.378 e. The smallest absolute Gasteiger partial charge is 0.254 e. The van der Waals surface area contributed by atoms with Gasteiger partial charge in [-0.2, -0.15) is 0 Å². The Kier molecular flexibility index (Phi) is 4.95. The minimum Gasteiger partial charge on any atom is -0.378 e. The van der Waals surface area contributed by atoms with Crippen molar-refractivity contribution in [2.75, 3.05) is 32.1 Å². The molecule has 0 saturated heterocycles. The molecule has 0 N–H and O–H groups in total. The highest BCUT2D eigenvalue weighted by Gasteiger charge is 2.14. The van der Waals surface area contributed by atoms with Crippen LogP contribution in [0.4, 0.5) is 5.69 Å². The maximum absolute atomic E-state index is 12.4. The number of hydrogen-bond acceptors (Lipinski definition) is 2. The monoisotopic (exact) mass is 246 g/mol. The molecule has 1 amide bonds. The van der Waals surface area contributed by atoms with Crippen LogP contribution in [0.5, 0.6) is 0 Å². The third-order valence-electron chi connectivity index (χ3n) is 2.74. The van der Waals surface area contributed by atoms with Gasteiger partial charge in [0.15, 0.2) is 0 Å². The number of anilines is 1. The molecule has 0 aliphatic heterocycles. The highest BCUT2D eigenvalue weighted by Crippen LogP contribution is 2.15. The summed E-state index contributed by atoms with van der Waals surface area (Å²) in [6.45, 7) is 9.09. The van der Waals surface area contributed by atoms with E-state index < -0.39 is 0 Å². The van der Waals surface area contributed by atoms with Gasteiger partial charge in [0.1, 0.15) is 0 Å². The predicted octanol–water partition coefficient (Wildman–Crippen LogP) is 2.79. The van der Waals surface area contributed by atoms with Gasteiger partial charge in [0, 0.05) is 38.4 Å². The molecule has 1 aromatic carbocycles. The van der Waals surface area contributed by atoms with Crippen molar-refractivity contribution in [3.05, 3.63) is 42.0 Å². The molecule has 98 valence electrons. The normalized spacial score (nSPS) is 10.0. The summed E-state index contributed by atoms with van der Waals surface area (Å²) in [5.74, 6) is 0.0594. The minimum atomic E-state index is 0.0594. The van der Waals surface area contributed by atoms with E-state index in [1.54, 1.807) is 4.90 Å². The molecule has 1 rings (SSSR count). The number of nitrogens with zero attached hydrogens (tertiary/aromatic N) is 2. The van der Waals surface area contributed by atoms with E-state index in [2.05, 4.69) is 6.58 Å². The molecule has 3 heteroatoms. The van der Waals surface area contributed by atoms with E-state index in [0.29, 0.717) is 13.1 Å². The number of hydrogen-bond donors (Lipinski definition) is 0. The molecule has 3 nitrogen and oxygen atoms in total. The van der Waals surface area contributed by atoms with Crippen molar-refractivity contribution in [1.82, 2.24) is 4.90 Å². The summed E-state index contributed by atoms with van der Waals surface area (Å²) in [6, 6.07) is 7.68. The first-order valence-electron chi connectivity index (χ1n) is 6.16. The maximum atomic E-state index is 12.4. The van der Waals surface area contributed by atoms with Gasteiger partial charge < -0.3 is 9.80 Å². The molecule has 0 radical (unpaired) electrons. The Hall–Kier alpha value is -1.77. The molecule has 0 aliphatic carbocycles. The van der Waals surface area contributed by atoms with Crippen molar-refractivity contribution < 1.29 is 4.79 Å². The summed E-state index contributed by atoms with van der Waals surface area (Å²) in [5.41, 5.74) is 2.76. The van der Waals surface area contributed by atoms with Gasteiger partial charge in [-0.25, -0.2) is 0 Å². The highest BCUT2D eigenvalue weighted by molar-refractivity contribution is 5.95. The van der Waals surface area contributed by atoms with Gasteiger partial charge in [0.2, 0.25) is 0 Å². The summed E-state index contributed by atoms with van der Waals surface area (Å²) in [4.78, 5) is 16.1. The minimum absolute atomic E-state index is 0.0594. The first-order valence-corrected chi connectivity index (χ1v) is 6.16. The molecule has 0 saturated carbocycles. The Morgan fingerprint density at radius 1 is 1.33 bits per heavy atom. The van der Waals surface area contributed by atoms with Gasteiger partial charge in [-0.3, -0.25) is 4.79 Å². The molecule has 0 aromatic heterocycles. The van der Waals surface area contributed by atoms with E-state index in [9.17, 15) is 4.79 Å². The van der Waals surface area contributed by atoms with Crippen molar-refractivity contribution in [3.63, 3.8) is 0 Å². The van der Waals surface area contributed by atoms with Crippen LogP contribution in [0.3, 0.4) is 0 Å². The lowest BCUT2D eigenvalue weighted by Crippen LogP contribution is -2.32. The Bertz CT molecular complexity index is 438. The average molecular weight is 246 g/mol. The van der Waals surface area contributed by atoms with E-state index in [1.165, 1.54) is 0 Å². The van der Waals surface area contributed by atoms with Gasteiger partial charge in [0.25, 0.3) is 5.91 Å². The van der Waals surface area contributed by atoms with Gasteiger partial charge in [-0.15, -0.1) is 0 Å². The van der Waals surface area contributed by atoms with E-state index in [1.807, 2.05) is 57.1 Å². The maximum Gasteiger partial charge on any atom is 0.254 e. The topological polar surface area (TPSA) is 23.6 Å². The number of benzene rings is 1. The standard InChI is InChI=1S/C15H22N2O/c1-6-17(11-12(2)3)15(18)13-8-7-9-14(10-13)16(4)5/h7-10H,2,6,11H2,1,3-5H3. The molecule has 1 aromatic rings. The van der Waals surface area contributed by atoms with Crippen LogP contribution in [0.15, 0.2) is 36.4 Å². The second kappa shape index (κ2) is 6.24. The van der Waals surface area contributed by atoms with Crippen LogP contribution in [0.25, 0.3) is 0 Å². The Morgan fingerprint density at radius 3 is 2.50 bits per heavy atom. The zero-order valence-electron chi connectivity index (χ0n) is 11.7. The fourth-order valence-electron chi connectivity index (χ4n) is 1.75. The summed E-state index contributed by atoms with van der Waals surface area (Å²) in [6.07, 6.45) is 0. The Morgan fingerprint density at radius 2 is 2.00 bits per heavy atom. The Balaban J connectivity index is 2.94. The van der Waals surface area contributed by atoms with Crippen molar-refractivity contribution in [2.45, 2.75) is 13.8 Å². The van der Waals surface area contributed by atoms with Gasteiger partial charge in [-0.1, -0.05) is 18.2 Å². The average Bonchev–Trinajstić information content (AvgIpc) is 2.35. The third kappa shape index (κ3) is 3.62. The fraction of sp³-hybridized carbons (Fsp3) is 0.400. The van der Waals surface area contributed by atoms with Gasteiger partial charge in [-0.05, 0) is 32.0 Å². The predicted molar refractivity (Wildman–Crippen MR) is 77.2 cm³/mol. The highest BCUT2D eigenvalue weighted by atomic mass is 16.2. The fourth-order valence-corrected chi connectivity index (χ4v) is 1.75. The number of carbonyl (C=O) groups is 1. The molecule has 0 aliphatic rings. The first-order chi connectivity index (χ1) is 8.45. The quantitative estimate of drug-likeness (QED) is 0.746. The molecule has 0 unspecified atom stereocenters. The number of likely N-dealkylation sites (N-methyl/N-ethyl adjacent to an activating group) is 1. The third-order valence-corrected chi connectivity index (χ3v) is 2.74. The van der Waals surface area contributed by atoms with E-state index >= 15 is 0 Å². The lowest BCUT2D eigenvalue weighted by molar-refractivity contribution is 0.0778. The zero-order valence-corrected chi connectivity index (χ0v) is 11.7. The lowest BCUT2D eigenvalue weighted by atomic mass is 10.1. The first kappa shape index (κ1) is 14.3. The van der Waals surface area contributed by atoms with Crippen molar-refractivity contribution in [2.24, 2.45) is 0 Å². The van der Waals surface area contributed by atoms with Crippen LogP contribution >= 0.6 is 0 Å². The summed E-state index contributed by atoms with van der Waals surface area (Å²) in [5, 5.41) is 0. The molecular formula is C15H22N2O. The molecular weight excluding hydrogens is 224 g/mol. The number of rotatable bonds is 5. The van der Waals surface area contributed by atoms with Crippen LogP contribution in [0.1, 0.15) is 24.2 Å². The lowest BCUT2D eigenvalue weighted by Gasteiger charge is -2.22. The molecule has 0 fully saturated rings. The van der Waals surface area contributed by atoms with Crippen molar-refractivity contribution in [1.29, 1.82) is 0 Å². The number of amides is 1. The number of carbonyl (C=O) groups excluding carboxylic acids is 1. The second-order valence-electron chi connectivity index (χ2n) is 4.72. The zero-order chi connectivity index (χ0) is 13.7. The van der Waals surface area contributed by atoms with E-state index in [4.69, 9.17) is 0 Å². The summed E-state index contributed by atoms with van der Waals surface area (Å²) < 4.78 is 0. The molecule has 0 heterocycles. The van der Waals surface area contributed by atoms with Crippen LogP contribution in [-0.4, -0.2) is 38.0 Å². The molecule has 18 heavy (non-hydrogen) atoms. The van der Waals surface area contributed by atoms with Gasteiger partial charge in [0.05, 0.1) is 0 Å².